The highest BCUT2D eigenvalue weighted by Crippen LogP contribution is 2.18. The molecule has 1 unspecified atom stereocenters. The highest BCUT2D eigenvalue weighted by Gasteiger charge is 2.07. The number of nitrogens with zero attached hydrogens (tertiary/aromatic N) is 1. The Balaban J connectivity index is 2.33. The summed E-state index contributed by atoms with van der Waals surface area (Å²) in [5.74, 6) is 1.55. The highest BCUT2D eigenvalue weighted by atomic mass is 16.3. The van der Waals surface area contributed by atoms with Crippen molar-refractivity contribution in [2.45, 2.75) is 13.0 Å². The molecular weight excluding hydrogens is 166 g/mol. The lowest BCUT2D eigenvalue weighted by Gasteiger charge is -1.97. The summed E-state index contributed by atoms with van der Waals surface area (Å²) in [6, 6.07) is 3.63. The van der Waals surface area contributed by atoms with E-state index in [2.05, 4.69) is 9.97 Å². The van der Waals surface area contributed by atoms with Crippen molar-refractivity contribution in [2.75, 3.05) is 0 Å². The van der Waals surface area contributed by atoms with Crippen molar-refractivity contribution in [1.29, 1.82) is 0 Å². The van der Waals surface area contributed by atoms with Gasteiger partial charge in [-0.3, -0.25) is 0 Å². The second-order valence-electron chi connectivity index (χ2n) is 2.95. The van der Waals surface area contributed by atoms with E-state index in [1.165, 1.54) is 0 Å². The Labute approximate surface area is 75.8 Å². The lowest BCUT2D eigenvalue weighted by Crippen LogP contribution is -2.06. The van der Waals surface area contributed by atoms with Gasteiger partial charge >= 0.3 is 0 Å². The molecule has 2 aromatic rings. The number of aromatic nitrogens is 2. The number of H-pyrrole nitrogens is 1. The average Bonchev–Trinajstić information content (AvgIpc) is 2.75. The molecule has 13 heavy (non-hydrogen) atoms. The predicted molar refractivity (Wildman–Crippen MR) is 48.9 cm³/mol. The molecule has 0 aliphatic carbocycles. The second kappa shape index (κ2) is 3.06. The van der Waals surface area contributed by atoms with E-state index >= 15 is 0 Å². The summed E-state index contributed by atoms with van der Waals surface area (Å²) in [5, 5.41) is 0. The van der Waals surface area contributed by atoms with E-state index in [4.69, 9.17) is 10.2 Å². The Hall–Kier alpha value is -1.55. The molecule has 3 N–H and O–H groups in total. The molecule has 1 atom stereocenters. The molecule has 68 valence electrons. The van der Waals surface area contributed by atoms with Gasteiger partial charge in [-0.1, -0.05) is 0 Å². The fourth-order valence-electron chi connectivity index (χ4n) is 1.13. The van der Waals surface area contributed by atoms with Crippen molar-refractivity contribution in [3.8, 4) is 11.5 Å². The number of hydrogen-bond acceptors (Lipinski definition) is 3. The number of aromatic amines is 1. The number of rotatable bonds is 2. The van der Waals surface area contributed by atoms with Crippen molar-refractivity contribution < 1.29 is 4.42 Å². The second-order valence-corrected chi connectivity index (χ2v) is 2.95. The van der Waals surface area contributed by atoms with Crippen LogP contribution in [-0.4, -0.2) is 9.97 Å². The first-order valence-electron chi connectivity index (χ1n) is 4.12. The van der Waals surface area contributed by atoms with E-state index < -0.39 is 0 Å². The summed E-state index contributed by atoms with van der Waals surface area (Å²) in [5.41, 5.74) is 6.51. The molecule has 0 amide bonds. The van der Waals surface area contributed by atoms with Crippen LogP contribution in [0.3, 0.4) is 0 Å². The van der Waals surface area contributed by atoms with Gasteiger partial charge in [-0.05, 0) is 19.1 Å². The van der Waals surface area contributed by atoms with E-state index in [1.54, 1.807) is 12.5 Å². The molecule has 0 bridgehead atoms. The van der Waals surface area contributed by atoms with Crippen LogP contribution in [0.4, 0.5) is 0 Å². The quantitative estimate of drug-likeness (QED) is 0.733. The maximum Gasteiger partial charge on any atom is 0.151 e. The Morgan fingerprint density at radius 3 is 3.00 bits per heavy atom. The summed E-state index contributed by atoms with van der Waals surface area (Å²) in [6.07, 6.45) is 3.35. The zero-order chi connectivity index (χ0) is 9.26. The zero-order valence-corrected chi connectivity index (χ0v) is 7.32. The zero-order valence-electron chi connectivity index (χ0n) is 7.32. The van der Waals surface area contributed by atoms with Crippen LogP contribution in [-0.2, 0) is 0 Å². The van der Waals surface area contributed by atoms with Crippen molar-refractivity contribution in [1.82, 2.24) is 9.97 Å². The molecule has 2 aromatic heterocycles. The van der Waals surface area contributed by atoms with E-state index in [-0.39, 0.29) is 6.04 Å². The lowest BCUT2D eigenvalue weighted by molar-refractivity contribution is 0.580. The van der Waals surface area contributed by atoms with Crippen LogP contribution in [0.2, 0.25) is 0 Å². The molecule has 0 saturated carbocycles. The minimum atomic E-state index is -0.0799. The predicted octanol–water partition coefficient (Wildman–Crippen LogP) is 1.69. The van der Waals surface area contributed by atoms with Crippen molar-refractivity contribution >= 4 is 0 Å². The Morgan fingerprint density at radius 1 is 1.62 bits per heavy atom. The summed E-state index contributed by atoms with van der Waals surface area (Å²) >= 11 is 0. The SMILES string of the molecule is CC(N)c1ncc(-c2ccco2)[nH]1. The molecule has 0 saturated heterocycles. The molecule has 0 aromatic carbocycles. The molecule has 4 heteroatoms. The number of nitrogens with one attached hydrogen (secondary N) is 1. The fourth-order valence-corrected chi connectivity index (χ4v) is 1.13. The highest BCUT2D eigenvalue weighted by molar-refractivity contribution is 5.50. The number of furan rings is 1. The Bertz CT molecular complexity index is 375. The molecule has 4 nitrogen and oxygen atoms in total. The van der Waals surface area contributed by atoms with Crippen LogP contribution in [0.5, 0.6) is 0 Å². The van der Waals surface area contributed by atoms with Crippen molar-refractivity contribution in [2.24, 2.45) is 5.73 Å². The van der Waals surface area contributed by atoms with Crippen LogP contribution in [0.1, 0.15) is 18.8 Å². The van der Waals surface area contributed by atoms with Crippen molar-refractivity contribution in [3.63, 3.8) is 0 Å². The molecule has 0 radical (unpaired) electrons. The molecule has 2 heterocycles. The fraction of sp³-hybridized carbons (Fsp3) is 0.222. The Morgan fingerprint density at radius 2 is 2.46 bits per heavy atom. The van der Waals surface area contributed by atoms with Gasteiger partial charge in [0.1, 0.15) is 11.5 Å². The molecular formula is C9H11N3O. The monoisotopic (exact) mass is 177 g/mol. The summed E-state index contributed by atoms with van der Waals surface area (Å²) in [4.78, 5) is 7.22. The van der Waals surface area contributed by atoms with Gasteiger partial charge in [-0.15, -0.1) is 0 Å². The Kier molecular flexibility index (Phi) is 1.90. The summed E-state index contributed by atoms with van der Waals surface area (Å²) < 4.78 is 5.20. The minimum absolute atomic E-state index is 0.0799. The molecule has 2 rings (SSSR count). The summed E-state index contributed by atoms with van der Waals surface area (Å²) in [6.45, 7) is 1.88. The smallest absolute Gasteiger partial charge is 0.151 e. The average molecular weight is 177 g/mol. The van der Waals surface area contributed by atoms with Crippen LogP contribution in [0, 0.1) is 0 Å². The third-order valence-corrected chi connectivity index (χ3v) is 1.81. The van der Waals surface area contributed by atoms with Gasteiger partial charge in [-0.2, -0.15) is 0 Å². The molecule has 0 fully saturated rings. The van der Waals surface area contributed by atoms with Gasteiger partial charge in [0.2, 0.25) is 0 Å². The largest absolute Gasteiger partial charge is 0.463 e. The third-order valence-electron chi connectivity index (χ3n) is 1.81. The summed E-state index contributed by atoms with van der Waals surface area (Å²) in [7, 11) is 0. The molecule has 0 spiro atoms. The maximum absolute atomic E-state index is 5.66. The van der Waals surface area contributed by atoms with Gasteiger partial charge in [0.05, 0.1) is 18.5 Å². The van der Waals surface area contributed by atoms with Gasteiger partial charge in [0, 0.05) is 0 Å². The van der Waals surface area contributed by atoms with E-state index in [0.717, 1.165) is 17.3 Å². The van der Waals surface area contributed by atoms with Gasteiger partial charge < -0.3 is 15.1 Å². The lowest BCUT2D eigenvalue weighted by atomic mass is 10.3. The minimum Gasteiger partial charge on any atom is -0.463 e. The first-order chi connectivity index (χ1) is 6.27. The van der Waals surface area contributed by atoms with Crippen LogP contribution >= 0.6 is 0 Å². The molecule has 0 aliphatic heterocycles. The topological polar surface area (TPSA) is 67.8 Å². The maximum atomic E-state index is 5.66. The van der Waals surface area contributed by atoms with E-state index in [9.17, 15) is 0 Å². The third kappa shape index (κ3) is 1.48. The first kappa shape index (κ1) is 8.07. The van der Waals surface area contributed by atoms with Crippen LogP contribution in [0.15, 0.2) is 29.0 Å². The first-order valence-corrected chi connectivity index (χ1v) is 4.12. The van der Waals surface area contributed by atoms with Crippen LogP contribution < -0.4 is 5.73 Å². The number of imidazole rings is 1. The standard InChI is InChI=1S/C9H11N3O/c1-6(10)9-11-5-7(12-9)8-3-2-4-13-8/h2-6H,10H2,1H3,(H,11,12). The van der Waals surface area contributed by atoms with E-state index in [0.29, 0.717) is 0 Å². The van der Waals surface area contributed by atoms with Crippen LogP contribution in [0.25, 0.3) is 11.5 Å². The van der Waals surface area contributed by atoms with Gasteiger partial charge in [0.15, 0.2) is 5.76 Å². The van der Waals surface area contributed by atoms with Gasteiger partial charge in [-0.25, -0.2) is 4.98 Å². The molecule has 0 aliphatic rings. The number of nitrogens with two attached hydrogens (primary N) is 1. The normalized spacial score (nSPS) is 13.1. The van der Waals surface area contributed by atoms with Gasteiger partial charge in [0.25, 0.3) is 0 Å². The van der Waals surface area contributed by atoms with E-state index in [1.807, 2.05) is 19.1 Å². The number of hydrogen-bond donors (Lipinski definition) is 2. The van der Waals surface area contributed by atoms with Crippen molar-refractivity contribution in [3.05, 3.63) is 30.4 Å².